The normalized spacial score (nSPS) is 11.1. The molecule has 0 aliphatic rings. The SMILES string of the molecule is CCCCc1ccc(CCCC)c(S(=O)(=O)N=[N+]=[N-])c1. The average molecular weight is 295 g/mol. The van der Waals surface area contributed by atoms with E-state index in [-0.39, 0.29) is 4.90 Å². The largest absolute Gasteiger partial charge is 0.264 e. The lowest BCUT2D eigenvalue weighted by Crippen LogP contribution is -2.03. The summed E-state index contributed by atoms with van der Waals surface area (Å²) in [6.07, 6.45) is 5.47. The summed E-state index contributed by atoms with van der Waals surface area (Å²) in [7, 11) is -3.91. The second-order valence-electron chi connectivity index (χ2n) is 4.80. The molecule has 20 heavy (non-hydrogen) atoms. The highest BCUT2D eigenvalue weighted by Crippen LogP contribution is 2.23. The van der Waals surface area contributed by atoms with Gasteiger partial charge in [-0.05, 0) is 48.4 Å². The first-order valence-corrected chi connectivity index (χ1v) is 8.42. The van der Waals surface area contributed by atoms with Crippen LogP contribution in [0.2, 0.25) is 0 Å². The van der Waals surface area contributed by atoms with Gasteiger partial charge in [-0.2, -0.15) is 0 Å². The summed E-state index contributed by atoms with van der Waals surface area (Å²) in [5.41, 5.74) is 10.1. The third-order valence-electron chi connectivity index (χ3n) is 3.17. The molecule has 0 fully saturated rings. The van der Waals surface area contributed by atoms with E-state index in [0.29, 0.717) is 6.42 Å². The Kier molecular flexibility index (Phi) is 6.55. The van der Waals surface area contributed by atoms with Crippen LogP contribution in [0.5, 0.6) is 0 Å². The van der Waals surface area contributed by atoms with Crippen molar-refractivity contribution in [3.05, 3.63) is 39.8 Å². The molecule has 0 bridgehead atoms. The Hall–Kier alpha value is -1.52. The smallest absolute Gasteiger partial charge is 0.216 e. The maximum absolute atomic E-state index is 12.0. The highest BCUT2D eigenvalue weighted by atomic mass is 32.2. The zero-order chi connectivity index (χ0) is 15.0. The highest BCUT2D eigenvalue weighted by Gasteiger charge is 2.17. The van der Waals surface area contributed by atoms with Gasteiger partial charge in [-0.15, -0.1) is 0 Å². The maximum Gasteiger partial charge on any atom is 0.264 e. The molecular formula is C14H21N3O2S. The summed E-state index contributed by atoms with van der Waals surface area (Å²) in [4.78, 5) is 2.60. The van der Waals surface area contributed by atoms with Crippen LogP contribution in [0, 0.1) is 0 Å². The van der Waals surface area contributed by atoms with Crippen LogP contribution in [0.25, 0.3) is 10.4 Å². The molecule has 0 aliphatic heterocycles. The van der Waals surface area contributed by atoms with Gasteiger partial charge in [-0.25, -0.2) is 8.42 Å². The number of rotatable bonds is 8. The predicted octanol–water partition coefficient (Wildman–Crippen LogP) is 4.37. The minimum absolute atomic E-state index is 0.164. The van der Waals surface area contributed by atoms with Gasteiger partial charge in [0.25, 0.3) is 10.0 Å². The first-order chi connectivity index (χ1) is 9.55. The zero-order valence-corrected chi connectivity index (χ0v) is 12.9. The van der Waals surface area contributed by atoms with E-state index in [4.69, 9.17) is 5.53 Å². The van der Waals surface area contributed by atoms with Crippen LogP contribution < -0.4 is 0 Å². The predicted molar refractivity (Wildman–Crippen MR) is 80.0 cm³/mol. The van der Waals surface area contributed by atoms with Crippen LogP contribution in [-0.2, 0) is 22.9 Å². The molecule has 1 aromatic rings. The van der Waals surface area contributed by atoms with Gasteiger partial charge in [0.05, 0.1) is 4.90 Å². The number of aryl methyl sites for hydroxylation is 2. The molecule has 0 aliphatic carbocycles. The van der Waals surface area contributed by atoms with Gasteiger partial charge in [0.2, 0.25) is 0 Å². The number of azide groups is 1. The molecule has 110 valence electrons. The highest BCUT2D eigenvalue weighted by molar-refractivity contribution is 7.90. The molecule has 0 amide bonds. The van der Waals surface area contributed by atoms with E-state index in [1.54, 1.807) is 6.07 Å². The maximum atomic E-state index is 12.0. The number of sulfonamides is 1. The molecule has 5 nitrogen and oxygen atoms in total. The van der Waals surface area contributed by atoms with Gasteiger partial charge >= 0.3 is 0 Å². The lowest BCUT2D eigenvalue weighted by molar-refractivity contribution is 0.595. The summed E-state index contributed by atoms with van der Waals surface area (Å²) in [6.45, 7) is 4.14. The second kappa shape index (κ2) is 7.92. The Balaban J connectivity index is 3.22. The Morgan fingerprint density at radius 1 is 1.15 bits per heavy atom. The second-order valence-corrected chi connectivity index (χ2v) is 6.35. The molecule has 0 atom stereocenters. The molecule has 0 N–H and O–H groups in total. The molecule has 0 radical (unpaired) electrons. The Bertz CT molecular complexity index is 590. The van der Waals surface area contributed by atoms with Crippen LogP contribution in [0.1, 0.15) is 50.7 Å². The molecule has 1 aromatic carbocycles. The third-order valence-corrected chi connectivity index (χ3v) is 4.40. The van der Waals surface area contributed by atoms with Crippen LogP contribution in [0.15, 0.2) is 27.6 Å². The van der Waals surface area contributed by atoms with Crippen molar-refractivity contribution in [2.75, 3.05) is 0 Å². The number of benzene rings is 1. The van der Waals surface area contributed by atoms with Crippen molar-refractivity contribution in [1.82, 2.24) is 0 Å². The van der Waals surface area contributed by atoms with Crippen LogP contribution >= 0.6 is 0 Å². The van der Waals surface area contributed by atoms with Gasteiger partial charge in [0, 0.05) is 9.43 Å². The van der Waals surface area contributed by atoms with E-state index < -0.39 is 10.0 Å². The lowest BCUT2D eigenvalue weighted by Gasteiger charge is -2.10. The molecule has 0 saturated heterocycles. The van der Waals surface area contributed by atoms with Crippen molar-refractivity contribution < 1.29 is 8.42 Å². The van der Waals surface area contributed by atoms with Crippen molar-refractivity contribution in [2.24, 2.45) is 4.52 Å². The van der Waals surface area contributed by atoms with E-state index >= 15 is 0 Å². The van der Waals surface area contributed by atoms with Crippen molar-refractivity contribution in [3.63, 3.8) is 0 Å². The monoisotopic (exact) mass is 295 g/mol. The fourth-order valence-corrected chi connectivity index (χ4v) is 3.03. The number of hydrogen-bond donors (Lipinski definition) is 0. The number of hydrogen-bond acceptors (Lipinski definition) is 2. The van der Waals surface area contributed by atoms with Gasteiger partial charge in [-0.3, -0.25) is 0 Å². The Morgan fingerprint density at radius 3 is 2.40 bits per heavy atom. The van der Waals surface area contributed by atoms with E-state index in [9.17, 15) is 8.42 Å². The molecule has 0 spiro atoms. The average Bonchev–Trinajstić information content (AvgIpc) is 2.43. The van der Waals surface area contributed by atoms with Crippen molar-refractivity contribution in [2.45, 2.75) is 57.3 Å². The van der Waals surface area contributed by atoms with Gasteiger partial charge < -0.3 is 0 Å². The summed E-state index contributed by atoms with van der Waals surface area (Å²) >= 11 is 0. The molecule has 0 heterocycles. The van der Waals surface area contributed by atoms with Crippen molar-refractivity contribution >= 4 is 10.0 Å². The quantitative estimate of drug-likeness (QED) is 0.405. The number of unbranched alkanes of at least 4 members (excludes halogenated alkanes) is 2. The molecule has 1 rings (SSSR count). The lowest BCUT2D eigenvalue weighted by atomic mass is 10.0. The first-order valence-electron chi connectivity index (χ1n) is 6.98. The molecular weight excluding hydrogens is 274 g/mol. The molecule has 6 heteroatoms. The van der Waals surface area contributed by atoms with Gasteiger partial charge in [0.15, 0.2) is 0 Å². The van der Waals surface area contributed by atoms with Gasteiger partial charge in [-0.1, -0.05) is 38.8 Å². The topological polar surface area (TPSA) is 82.9 Å². The van der Waals surface area contributed by atoms with Crippen LogP contribution in [0.4, 0.5) is 0 Å². The van der Waals surface area contributed by atoms with Crippen molar-refractivity contribution in [1.29, 1.82) is 0 Å². The molecule has 0 unspecified atom stereocenters. The number of nitrogens with zero attached hydrogens (tertiary/aromatic N) is 3. The van der Waals surface area contributed by atoms with Crippen LogP contribution in [-0.4, -0.2) is 8.42 Å². The standard InChI is InChI=1S/C14H21N3O2S/c1-3-5-7-12-9-10-13(8-6-4-2)14(11-12)20(18,19)17-16-15/h9-11H,3-8H2,1-2H3. The Labute approximate surface area is 120 Å². The van der Waals surface area contributed by atoms with Gasteiger partial charge in [0.1, 0.15) is 0 Å². The third kappa shape index (κ3) is 4.54. The molecule has 0 saturated carbocycles. The van der Waals surface area contributed by atoms with Crippen molar-refractivity contribution in [3.8, 4) is 0 Å². The zero-order valence-electron chi connectivity index (χ0n) is 12.0. The minimum Gasteiger partial charge on any atom is -0.216 e. The van der Waals surface area contributed by atoms with Crippen LogP contribution in [0.3, 0.4) is 0 Å². The molecule has 0 aromatic heterocycles. The summed E-state index contributed by atoms with van der Waals surface area (Å²) < 4.78 is 27.0. The van der Waals surface area contributed by atoms with E-state index in [0.717, 1.165) is 43.2 Å². The van der Waals surface area contributed by atoms with E-state index in [2.05, 4.69) is 23.3 Å². The Morgan fingerprint density at radius 2 is 1.80 bits per heavy atom. The minimum atomic E-state index is -3.91. The summed E-state index contributed by atoms with van der Waals surface area (Å²) in [5.74, 6) is 0. The fraction of sp³-hybridized carbons (Fsp3) is 0.571. The summed E-state index contributed by atoms with van der Waals surface area (Å²) in [6, 6.07) is 5.47. The van der Waals surface area contributed by atoms with E-state index in [1.165, 1.54) is 0 Å². The van der Waals surface area contributed by atoms with E-state index in [1.807, 2.05) is 12.1 Å². The summed E-state index contributed by atoms with van der Waals surface area (Å²) in [5, 5.41) is 0. The first kappa shape index (κ1) is 16.5. The fourth-order valence-electron chi connectivity index (χ4n) is 2.04.